The fourth-order valence-corrected chi connectivity index (χ4v) is 3.99. The third kappa shape index (κ3) is 5.88. The Morgan fingerprint density at radius 1 is 1.21 bits per heavy atom. The SMILES string of the molecule is CCCC[C@H](CC)CNc1nc2c(c(=O)[nH]c(=O)n2C)n1C[C@@H](O)COc1ccc(C)c(C)c1. The molecule has 3 N–H and O–H groups in total. The molecule has 0 radical (unpaired) electrons. The molecule has 0 aliphatic carbocycles. The number of aryl methyl sites for hydroxylation is 3. The lowest BCUT2D eigenvalue weighted by Gasteiger charge is -2.18. The van der Waals surface area contributed by atoms with Gasteiger partial charge in [-0.05, 0) is 49.4 Å². The highest BCUT2D eigenvalue weighted by molar-refractivity contribution is 5.74. The third-order valence-corrected chi connectivity index (χ3v) is 6.41. The van der Waals surface area contributed by atoms with Gasteiger partial charge < -0.3 is 19.7 Å². The van der Waals surface area contributed by atoms with Crippen LogP contribution in [0.25, 0.3) is 11.2 Å². The van der Waals surface area contributed by atoms with Gasteiger partial charge in [0, 0.05) is 13.6 Å². The Hall–Kier alpha value is -3.07. The summed E-state index contributed by atoms with van der Waals surface area (Å²) in [5.74, 6) is 1.60. The first-order valence-electron chi connectivity index (χ1n) is 12.1. The Balaban J connectivity index is 1.85. The molecule has 3 aromatic rings. The zero-order chi connectivity index (χ0) is 24.8. The van der Waals surface area contributed by atoms with Gasteiger partial charge in [-0.15, -0.1) is 0 Å². The fraction of sp³-hybridized carbons (Fsp3) is 0.560. The number of imidazole rings is 1. The molecule has 2 heterocycles. The molecule has 0 spiro atoms. The zero-order valence-corrected chi connectivity index (χ0v) is 20.9. The summed E-state index contributed by atoms with van der Waals surface area (Å²) in [4.78, 5) is 31.7. The summed E-state index contributed by atoms with van der Waals surface area (Å²) < 4.78 is 8.75. The van der Waals surface area contributed by atoms with E-state index >= 15 is 0 Å². The van der Waals surface area contributed by atoms with Crippen LogP contribution in [-0.4, -0.2) is 43.5 Å². The number of aromatic amines is 1. The van der Waals surface area contributed by atoms with Gasteiger partial charge in [0.15, 0.2) is 11.2 Å². The van der Waals surface area contributed by atoms with Gasteiger partial charge >= 0.3 is 5.69 Å². The predicted octanol–water partition coefficient (Wildman–Crippen LogP) is 3.11. The Morgan fingerprint density at radius 2 is 1.97 bits per heavy atom. The largest absolute Gasteiger partial charge is 0.491 e. The number of H-pyrrole nitrogens is 1. The van der Waals surface area contributed by atoms with Crippen molar-refractivity contribution in [1.82, 2.24) is 19.1 Å². The molecule has 3 rings (SSSR count). The van der Waals surface area contributed by atoms with E-state index in [0.717, 1.165) is 31.2 Å². The van der Waals surface area contributed by atoms with Crippen LogP contribution in [0.15, 0.2) is 27.8 Å². The number of nitrogens with one attached hydrogen (secondary N) is 2. The topological polar surface area (TPSA) is 114 Å². The highest BCUT2D eigenvalue weighted by Gasteiger charge is 2.20. The quantitative estimate of drug-likeness (QED) is 0.374. The maximum absolute atomic E-state index is 12.7. The van der Waals surface area contributed by atoms with Crippen LogP contribution in [0.1, 0.15) is 50.7 Å². The van der Waals surface area contributed by atoms with Crippen LogP contribution in [0, 0.1) is 19.8 Å². The van der Waals surface area contributed by atoms with Crippen LogP contribution in [0.4, 0.5) is 5.95 Å². The van der Waals surface area contributed by atoms with Gasteiger partial charge in [0.1, 0.15) is 18.5 Å². The number of nitrogens with zero attached hydrogens (tertiary/aromatic N) is 3. The van der Waals surface area contributed by atoms with Gasteiger partial charge in [0.2, 0.25) is 5.95 Å². The van der Waals surface area contributed by atoms with E-state index in [1.807, 2.05) is 32.0 Å². The molecular weight excluding hydrogens is 434 g/mol. The average molecular weight is 472 g/mol. The van der Waals surface area contributed by atoms with Gasteiger partial charge in [0.25, 0.3) is 5.56 Å². The Kier molecular flexibility index (Phi) is 8.55. The van der Waals surface area contributed by atoms with E-state index in [1.54, 1.807) is 11.6 Å². The number of hydrogen-bond donors (Lipinski definition) is 3. The lowest BCUT2D eigenvalue weighted by atomic mass is 9.99. The normalized spacial score (nSPS) is 13.2. The molecular formula is C25H37N5O4. The van der Waals surface area contributed by atoms with E-state index in [0.29, 0.717) is 24.2 Å². The molecule has 0 unspecified atom stereocenters. The van der Waals surface area contributed by atoms with Gasteiger partial charge in [-0.25, -0.2) is 4.79 Å². The molecule has 1 aromatic carbocycles. The van der Waals surface area contributed by atoms with Crippen molar-refractivity contribution in [3.05, 3.63) is 50.2 Å². The minimum Gasteiger partial charge on any atom is -0.491 e. The second-order valence-electron chi connectivity index (χ2n) is 9.04. The predicted molar refractivity (Wildman–Crippen MR) is 135 cm³/mol. The summed E-state index contributed by atoms with van der Waals surface area (Å²) in [7, 11) is 1.57. The smallest absolute Gasteiger partial charge is 0.329 e. The standard InChI is InChI=1S/C25H37N5O4/c1-6-8-9-18(7-2)13-26-24-27-22-21(23(32)28-25(33)29(22)5)30(24)14-19(31)15-34-20-11-10-16(3)17(4)12-20/h10-12,18-19,31H,6-9,13-15H2,1-5H3,(H,26,27)(H,28,32,33)/t18-,19+/m0/s1. The summed E-state index contributed by atoms with van der Waals surface area (Å²) in [6.07, 6.45) is 3.53. The van der Waals surface area contributed by atoms with Gasteiger partial charge in [0.05, 0.1) is 6.54 Å². The number of benzene rings is 1. The van der Waals surface area contributed by atoms with Crippen LogP contribution < -0.4 is 21.3 Å². The number of unbranched alkanes of at least 4 members (excludes halogenated alkanes) is 1. The maximum atomic E-state index is 12.7. The number of ether oxygens (including phenoxy) is 1. The van der Waals surface area contributed by atoms with E-state index in [2.05, 4.69) is 29.1 Å². The molecule has 34 heavy (non-hydrogen) atoms. The molecule has 0 fully saturated rings. The van der Waals surface area contributed by atoms with Crippen LogP contribution in [0.2, 0.25) is 0 Å². The Labute approximate surface area is 199 Å². The molecule has 0 saturated carbocycles. The number of aromatic nitrogens is 4. The lowest BCUT2D eigenvalue weighted by molar-refractivity contribution is 0.0938. The summed E-state index contributed by atoms with van der Waals surface area (Å²) in [6.45, 7) is 9.22. The molecule has 0 bridgehead atoms. The molecule has 2 atom stereocenters. The Morgan fingerprint density at radius 3 is 2.65 bits per heavy atom. The second-order valence-corrected chi connectivity index (χ2v) is 9.04. The first-order valence-corrected chi connectivity index (χ1v) is 12.1. The zero-order valence-electron chi connectivity index (χ0n) is 20.9. The summed E-state index contributed by atoms with van der Waals surface area (Å²) >= 11 is 0. The van der Waals surface area contributed by atoms with E-state index in [4.69, 9.17) is 4.74 Å². The second kappa shape index (κ2) is 11.4. The van der Waals surface area contributed by atoms with Crippen molar-refractivity contribution in [2.45, 2.75) is 66.0 Å². The van der Waals surface area contributed by atoms with E-state index in [1.165, 1.54) is 10.1 Å². The summed E-state index contributed by atoms with van der Waals surface area (Å²) in [6, 6.07) is 5.78. The third-order valence-electron chi connectivity index (χ3n) is 6.41. The minimum absolute atomic E-state index is 0.0549. The Bertz CT molecular complexity index is 1230. The van der Waals surface area contributed by atoms with Crippen molar-refractivity contribution in [1.29, 1.82) is 0 Å². The molecule has 2 aromatic heterocycles. The summed E-state index contributed by atoms with van der Waals surface area (Å²) in [5, 5.41) is 14.1. The fourth-order valence-electron chi connectivity index (χ4n) is 3.99. The summed E-state index contributed by atoms with van der Waals surface area (Å²) in [5.41, 5.74) is 1.75. The van der Waals surface area contributed by atoms with E-state index in [9.17, 15) is 14.7 Å². The molecule has 0 aliphatic rings. The lowest BCUT2D eigenvalue weighted by Crippen LogP contribution is -2.31. The number of rotatable bonds is 12. The van der Waals surface area contributed by atoms with Crippen LogP contribution in [0.5, 0.6) is 5.75 Å². The van der Waals surface area contributed by atoms with Gasteiger partial charge in [-0.1, -0.05) is 39.2 Å². The van der Waals surface area contributed by atoms with Crippen LogP contribution in [0.3, 0.4) is 0 Å². The number of anilines is 1. The van der Waals surface area contributed by atoms with Crippen molar-refractivity contribution >= 4 is 17.1 Å². The highest BCUT2D eigenvalue weighted by atomic mass is 16.5. The first-order chi connectivity index (χ1) is 16.2. The minimum atomic E-state index is -0.891. The average Bonchev–Trinajstić information content (AvgIpc) is 3.17. The molecule has 9 nitrogen and oxygen atoms in total. The number of hydrogen-bond acceptors (Lipinski definition) is 6. The molecule has 0 amide bonds. The number of aliphatic hydroxyl groups excluding tert-OH is 1. The number of fused-ring (bicyclic) bond motifs is 1. The molecule has 0 saturated heterocycles. The van der Waals surface area contributed by atoms with Crippen molar-refractivity contribution < 1.29 is 9.84 Å². The first kappa shape index (κ1) is 25.6. The van der Waals surface area contributed by atoms with Crippen LogP contribution in [-0.2, 0) is 13.6 Å². The van der Waals surface area contributed by atoms with Crippen LogP contribution >= 0.6 is 0 Å². The van der Waals surface area contributed by atoms with Crippen molar-refractivity contribution in [3.8, 4) is 5.75 Å². The van der Waals surface area contributed by atoms with E-state index in [-0.39, 0.29) is 24.3 Å². The van der Waals surface area contributed by atoms with Crippen molar-refractivity contribution in [3.63, 3.8) is 0 Å². The molecule has 186 valence electrons. The van der Waals surface area contributed by atoms with E-state index < -0.39 is 17.4 Å². The van der Waals surface area contributed by atoms with Gasteiger partial charge in [-0.2, -0.15) is 4.98 Å². The maximum Gasteiger partial charge on any atom is 0.329 e. The molecule has 0 aliphatic heterocycles. The highest BCUT2D eigenvalue weighted by Crippen LogP contribution is 2.20. The van der Waals surface area contributed by atoms with Crippen molar-refractivity contribution in [2.75, 3.05) is 18.5 Å². The monoisotopic (exact) mass is 471 g/mol. The van der Waals surface area contributed by atoms with Gasteiger partial charge in [-0.3, -0.25) is 14.3 Å². The molecule has 9 heteroatoms. The number of aliphatic hydroxyl groups is 1. The van der Waals surface area contributed by atoms with Crippen molar-refractivity contribution in [2.24, 2.45) is 13.0 Å².